The lowest BCUT2D eigenvalue weighted by molar-refractivity contribution is -0.118. The van der Waals surface area contributed by atoms with Crippen LogP contribution in [0.2, 0.25) is 0 Å². The monoisotopic (exact) mass is 416 g/mol. The van der Waals surface area contributed by atoms with Crippen LogP contribution in [-0.2, 0) is 21.4 Å². The van der Waals surface area contributed by atoms with Crippen LogP contribution in [0.3, 0.4) is 0 Å². The van der Waals surface area contributed by atoms with E-state index in [4.69, 9.17) is 15.2 Å². The van der Waals surface area contributed by atoms with Crippen molar-refractivity contribution in [3.63, 3.8) is 0 Å². The Morgan fingerprint density at radius 1 is 1.17 bits per heavy atom. The summed E-state index contributed by atoms with van der Waals surface area (Å²) in [7, 11) is -1.04. The molecule has 3 N–H and O–H groups in total. The molecule has 0 saturated carbocycles. The lowest BCUT2D eigenvalue weighted by atomic mass is 10.2. The molecule has 0 bridgehead atoms. The maximum Gasteiger partial charge on any atom is 0.276 e. The van der Waals surface area contributed by atoms with Gasteiger partial charge in [0.05, 0.1) is 25.3 Å². The summed E-state index contributed by atoms with van der Waals surface area (Å²) in [4.78, 5) is 13.4. The number of carbonyl (C=O) groups is 1. The predicted octanol–water partition coefficient (Wildman–Crippen LogP) is 1.46. The van der Waals surface area contributed by atoms with Gasteiger partial charge < -0.3 is 19.8 Å². The second-order valence-corrected chi connectivity index (χ2v) is 7.73. The number of benzene rings is 2. The number of nitrogens with one attached hydrogen (secondary N) is 1. The quantitative estimate of drug-likeness (QED) is 0.425. The van der Waals surface area contributed by atoms with Crippen molar-refractivity contribution in [2.75, 3.05) is 14.2 Å². The van der Waals surface area contributed by atoms with Gasteiger partial charge in [0.25, 0.3) is 10.0 Å². The Kier molecular flexibility index (Phi) is 5.74. The Hall–Kier alpha value is -3.53. The molecular formula is C19H20N4O5S. The number of para-hydroxylation sites is 1. The molecule has 0 aliphatic heterocycles. The van der Waals surface area contributed by atoms with Crippen LogP contribution in [-0.4, -0.2) is 39.3 Å². The van der Waals surface area contributed by atoms with Crippen LogP contribution in [0.4, 0.5) is 0 Å². The number of fused-ring (bicyclic) bond motifs is 1. The molecule has 0 aliphatic rings. The molecule has 3 rings (SSSR count). The van der Waals surface area contributed by atoms with E-state index in [-0.39, 0.29) is 17.2 Å². The van der Waals surface area contributed by atoms with E-state index in [0.717, 1.165) is 10.9 Å². The third-order valence-electron chi connectivity index (χ3n) is 4.19. The summed E-state index contributed by atoms with van der Waals surface area (Å²) in [6, 6.07) is 11.6. The third-order valence-corrected chi connectivity index (χ3v) is 5.41. The fourth-order valence-electron chi connectivity index (χ4n) is 2.88. The Morgan fingerprint density at radius 3 is 2.59 bits per heavy atom. The molecule has 10 heteroatoms. The number of methoxy groups -OCH3 is 2. The minimum atomic E-state index is -3.92. The van der Waals surface area contributed by atoms with Crippen molar-refractivity contribution in [2.45, 2.75) is 11.4 Å². The predicted molar refractivity (Wildman–Crippen MR) is 109 cm³/mol. The first-order valence-electron chi connectivity index (χ1n) is 8.49. The number of hydrogen-bond acceptors (Lipinski definition) is 6. The SMILES string of the molecule is COc1ccc(S(=O)(=O)NN=Cc2cn(CC(N)=O)c3ccccc23)cc1OC. The maximum atomic E-state index is 12.5. The fourth-order valence-corrected chi connectivity index (χ4v) is 3.68. The van der Waals surface area contributed by atoms with Crippen molar-refractivity contribution < 1.29 is 22.7 Å². The standard InChI is InChI=1S/C19H20N4O5S/c1-27-17-8-7-14(9-18(17)28-2)29(25,26)22-21-10-13-11-23(12-19(20)24)16-6-4-3-5-15(13)16/h3-11,22H,12H2,1-2H3,(H2,20,24). The molecule has 1 amide bonds. The van der Waals surface area contributed by atoms with Crippen molar-refractivity contribution in [1.82, 2.24) is 9.40 Å². The topological polar surface area (TPSA) is 125 Å². The zero-order chi connectivity index (χ0) is 21.0. The fraction of sp³-hybridized carbons (Fsp3) is 0.158. The number of primary amides is 1. The van der Waals surface area contributed by atoms with Gasteiger partial charge in [-0.2, -0.15) is 13.5 Å². The molecule has 152 valence electrons. The summed E-state index contributed by atoms with van der Waals surface area (Å²) < 4.78 is 37.0. The molecule has 2 aromatic carbocycles. The van der Waals surface area contributed by atoms with E-state index in [2.05, 4.69) is 9.93 Å². The average molecular weight is 416 g/mol. The molecule has 1 aromatic heterocycles. The van der Waals surface area contributed by atoms with Gasteiger partial charge in [0.1, 0.15) is 6.54 Å². The summed E-state index contributed by atoms with van der Waals surface area (Å²) in [5.41, 5.74) is 6.71. The lowest BCUT2D eigenvalue weighted by Gasteiger charge is -2.09. The van der Waals surface area contributed by atoms with Gasteiger partial charge in [-0.05, 0) is 18.2 Å². The molecule has 1 heterocycles. The van der Waals surface area contributed by atoms with Crippen LogP contribution in [0, 0.1) is 0 Å². The first kappa shape index (κ1) is 20.2. The number of hydrazone groups is 1. The smallest absolute Gasteiger partial charge is 0.276 e. The highest BCUT2D eigenvalue weighted by Crippen LogP contribution is 2.29. The van der Waals surface area contributed by atoms with E-state index >= 15 is 0 Å². The van der Waals surface area contributed by atoms with Crippen molar-refractivity contribution in [3.8, 4) is 11.5 Å². The Morgan fingerprint density at radius 2 is 1.90 bits per heavy atom. The van der Waals surface area contributed by atoms with Gasteiger partial charge in [0, 0.05) is 28.7 Å². The van der Waals surface area contributed by atoms with Crippen LogP contribution >= 0.6 is 0 Å². The number of amides is 1. The average Bonchev–Trinajstić information content (AvgIpc) is 3.04. The van der Waals surface area contributed by atoms with E-state index in [0.29, 0.717) is 11.3 Å². The molecule has 0 spiro atoms. The first-order valence-corrected chi connectivity index (χ1v) is 9.97. The van der Waals surface area contributed by atoms with Crippen molar-refractivity contribution in [3.05, 3.63) is 54.2 Å². The number of hydrogen-bond donors (Lipinski definition) is 2. The van der Waals surface area contributed by atoms with E-state index < -0.39 is 15.9 Å². The number of nitrogens with zero attached hydrogens (tertiary/aromatic N) is 2. The first-order chi connectivity index (χ1) is 13.9. The van der Waals surface area contributed by atoms with Crippen LogP contribution in [0.5, 0.6) is 11.5 Å². The molecule has 0 radical (unpaired) electrons. The van der Waals surface area contributed by atoms with Crippen LogP contribution in [0.25, 0.3) is 10.9 Å². The maximum absolute atomic E-state index is 12.5. The summed E-state index contributed by atoms with van der Waals surface area (Å²) >= 11 is 0. The molecule has 29 heavy (non-hydrogen) atoms. The van der Waals surface area contributed by atoms with Gasteiger partial charge in [0.15, 0.2) is 11.5 Å². The van der Waals surface area contributed by atoms with Crippen molar-refractivity contribution >= 4 is 33.0 Å². The second-order valence-electron chi connectivity index (χ2n) is 6.07. The molecule has 0 saturated heterocycles. The Labute approximate surface area is 167 Å². The number of ether oxygens (including phenoxy) is 2. The van der Waals surface area contributed by atoms with Gasteiger partial charge in [-0.1, -0.05) is 18.2 Å². The van der Waals surface area contributed by atoms with Gasteiger partial charge in [-0.25, -0.2) is 4.83 Å². The molecule has 0 unspecified atom stereocenters. The summed E-state index contributed by atoms with van der Waals surface area (Å²) in [6.45, 7) is 0.00568. The third kappa shape index (κ3) is 4.32. The van der Waals surface area contributed by atoms with E-state index in [1.54, 1.807) is 10.8 Å². The second kappa shape index (κ2) is 8.23. The zero-order valence-corrected chi connectivity index (χ0v) is 16.6. The van der Waals surface area contributed by atoms with E-state index in [9.17, 15) is 13.2 Å². The van der Waals surface area contributed by atoms with Crippen molar-refractivity contribution in [2.24, 2.45) is 10.8 Å². The van der Waals surface area contributed by atoms with Crippen molar-refractivity contribution in [1.29, 1.82) is 0 Å². The highest BCUT2D eigenvalue weighted by Gasteiger charge is 2.16. The highest BCUT2D eigenvalue weighted by molar-refractivity contribution is 7.89. The largest absolute Gasteiger partial charge is 0.493 e. The van der Waals surface area contributed by atoms with Gasteiger partial charge in [-0.15, -0.1) is 0 Å². The minimum Gasteiger partial charge on any atom is -0.493 e. The number of carbonyl (C=O) groups excluding carboxylic acids is 1. The van der Waals surface area contributed by atoms with Crippen LogP contribution in [0.1, 0.15) is 5.56 Å². The number of nitrogens with two attached hydrogens (primary N) is 1. The van der Waals surface area contributed by atoms with E-state index in [1.165, 1.54) is 38.6 Å². The lowest BCUT2D eigenvalue weighted by Crippen LogP contribution is -2.18. The molecule has 0 aliphatic carbocycles. The summed E-state index contributed by atoms with van der Waals surface area (Å²) in [6.07, 6.45) is 3.06. The normalized spacial score (nSPS) is 11.7. The summed E-state index contributed by atoms with van der Waals surface area (Å²) in [5.74, 6) is 0.217. The van der Waals surface area contributed by atoms with Gasteiger partial charge in [-0.3, -0.25) is 4.79 Å². The Balaban J connectivity index is 1.87. The van der Waals surface area contributed by atoms with Crippen LogP contribution < -0.4 is 20.0 Å². The van der Waals surface area contributed by atoms with Gasteiger partial charge >= 0.3 is 0 Å². The minimum absolute atomic E-state index is 0.00568. The molecule has 3 aromatic rings. The number of aromatic nitrogens is 1. The molecule has 9 nitrogen and oxygen atoms in total. The number of sulfonamides is 1. The Bertz CT molecular complexity index is 1180. The van der Waals surface area contributed by atoms with Gasteiger partial charge in [0.2, 0.25) is 5.91 Å². The zero-order valence-electron chi connectivity index (χ0n) is 15.8. The van der Waals surface area contributed by atoms with Crippen LogP contribution in [0.15, 0.2) is 58.7 Å². The molecule has 0 atom stereocenters. The summed E-state index contributed by atoms with van der Waals surface area (Å²) in [5, 5.41) is 4.67. The molecular weight excluding hydrogens is 396 g/mol. The highest BCUT2D eigenvalue weighted by atomic mass is 32.2. The number of rotatable bonds is 8. The van der Waals surface area contributed by atoms with E-state index in [1.807, 2.05) is 24.3 Å². The molecule has 0 fully saturated rings.